The number of thiazole rings is 1. The molecule has 0 unspecified atom stereocenters. The second kappa shape index (κ2) is 5.98. The van der Waals surface area contributed by atoms with Crippen molar-refractivity contribution in [2.45, 2.75) is 26.2 Å². The summed E-state index contributed by atoms with van der Waals surface area (Å²) in [4.78, 5) is 18.6. The maximum Gasteiger partial charge on any atom is 0.240 e. The van der Waals surface area contributed by atoms with Crippen LogP contribution in [0.25, 0.3) is 0 Å². The minimum absolute atomic E-state index is 0.0247. The molecule has 0 bridgehead atoms. The van der Waals surface area contributed by atoms with E-state index in [1.165, 1.54) is 11.3 Å². The molecule has 1 amide bonds. The van der Waals surface area contributed by atoms with Crippen molar-refractivity contribution in [1.29, 1.82) is 0 Å². The van der Waals surface area contributed by atoms with Crippen molar-refractivity contribution in [3.05, 3.63) is 11.1 Å². The van der Waals surface area contributed by atoms with Crippen LogP contribution in [0.4, 0.5) is 5.13 Å². The van der Waals surface area contributed by atoms with Gasteiger partial charge < -0.3 is 10.6 Å². The molecule has 0 spiro atoms. The van der Waals surface area contributed by atoms with Crippen molar-refractivity contribution >= 4 is 22.4 Å². The molecule has 6 heteroatoms. The topological polar surface area (TPSA) is 57.3 Å². The highest BCUT2D eigenvalue weighted by Gasteiger charge is 2.19. The van der Waals surface area contributed by atoms with Crippen LogP contribution in [0, 0.1) is 0 Å². The highest BCUT2D eigenvalue weighted by molar-refractivity contribution is 7.13. The van der Waals surface area contributed by atoms with E-state index in [1.807, 2.05) is 5.38 Å². The van der Waals surface area contributed by atoms with Gasteiger partial charge in [-0.05, 0) is 0 Å². The van der Waals surface area contributed by atoms with Gasteiger partial charge in [0.2, 0.25) is 5.91 Å². The summed E-state index contributed by atoms with van der Waals surface area (Å²) in [6.07, 6.45) is 0. The van der Waals surface area contributed by atoms with Gasteiger partial charge in [0.25, 0.3) is 0 Å². The number of nitrogens with zero attached hydrogens (tertiary/aromatic N) is 2. The molecule has 2 N–H and O–H groups in total. The summed E-state index contributed by atoms with van der Waals surface area (Å²) in [5, 5.41) is 8.88. The lowest BCUT2D eigenvalue weighted by Gasteiger charge is -2.26. The number of anilines is 1. The molecule has 0 saturated carbocycles. The van der Waals surface area contributed by atoms with Crippen LogP contribution in [0.1, 0.15) is 26.5 Å². The Morgan fingerprint density at radius 2 is 2.16 bits per heavy atom. The van der Waals surface area contributed by atoms with E-state index in [9.17, 15) is 4.79 Å². The number of piperazine rings is 1. The standard InChI is InChI=1S/C13H22N4OS/c1-13(2,3)10-9-19-12(15-10)16-11(18)8-17-6-4-14-5-7-17/h9,14H,4-8H2,1-3H3,(H,15,16,18). The number of amides is 1. The minimum Gasteiger partial charge on any atom is -0.314 e. The Hall–Kier alpha value is -0.980. The first-order chi connectivity index (χ1) is 8.95. The number of nitrogens with one attached hydrogen (secondary N) is 2. The predicted molar refractivity (Wildman–Crippen MR) is 78.8 cm³/mol. The van der Waals surface area contributed by atoms with E-state index in [1.54, 1.807) is 0 Å². The number of carbonyl (C=O) groups is 1. The molecule has 1 aliphatic rings. The van der Waals surface area contributed by atoms with Gasteiger partial charge in [-0.2, -0.15) is 0 Å². The summed E-state index contributed by atoms with van der Waals surface area (Å²) >= 11 is 1.49. The summed E-state index contributed by atoms with van der Waals surface area (Å²) in [6.45, 7) is 10.6. The molecule has 19 heavy (non-hydrogen) atoms. The molecule has 2 rings (SSSR count). The Kier molecular flexibility index (Phi) is 4.54. The molecule has 1 aromatic heterocycles. The Bertz CT molecular complexity index is 432. The highest BCUT2D eigenvalue weighted by Crippen LogP contribution is 2.26. The molecule has 1 aromatic rings. The average molecular weight is 282 g/mol. The fraction of sp³-hybridized carbons (Fsp3) is 0.692. The largest absolute Gasteiger partial charge is 0.314 e. The van der Waals surface area contributed by atoms with E-state index in [0.29, 0.717) is 11.7 Å². The summed E-state index contributed by atoms with van der Waals surface area (Å²) in [5.74, 6) is 0.0247. The maximum absolute atomic E-state index is 11.9. The van der Waals surface area contributed by atoms with Gasteiger partial charge >= 0.3 is 0 Å². The van der Waals surface area contributed by atoms with Gasteiger partial charge in [-0.15, -0.1) is 11.3 Å². The number of carbonyl (C=O) groups excluding carboxylic acids is 1. The summed E-state index contributed by atoms with van der Waals surface area (Å²) < 4.78 is 0. The summed E-state index contributed by atoms with van der Waals surface area (Å²) in [7, 11) is 0. The summed E-state index contributed by atoms with van der Waals surface area (Å²) in [6, 6.07) is 0. The van der Waals surface area contributed by atoms with Crippen LogP contribution in [-0.4, -0.2) is 48.5 Å². The summed E-state index contributed by atoms with van der Waals surface area (Å²) in [5.41, 5.74) is 1.05. The number of hydrogen-bond acceptors (Lipinski definition) is 5. The first-order valence-corrected chi connectivity index (χ1v) is 7.52. The molecule has 0 atom stereocenters. The van der Waals surface area contributed by atoms with E-state index >= 15 is 0 Å². The third-order valence-electron chi connectivity index (χ3n) is 3.10. The lowest BCUT2D eigenvalue weighted by Crippen LogP contribution is -2.46. The zero-order valence-electron chi connectivity index (χ0n) is 11.8. The predicted octanol–water partition coefficient (Wildman–Crippen LogP) is 1.28. The first-order valence-electron chi connectivity index (χ1n) is 6.64. The van der Waals surface area contributed by atoms with Gasteiger partial charge in [-0.1, -0.05) is 20.8 Å². The van der Waals surface area contributed by atoms with Crippen LogP contribution in [0.15, 0.2) is 5.38 Å². The number of hydrogen-bond donors (Lipinski definition) is 2. The van der Waals surface area contributed by atoms with Gasteiger partial charge in [0.15, 0.2) is 5.13 Å². The second-order valence-corrected chi connectivity index (χ2v) is 6.72. The second-order valence-electron chi connectivity index (χ2n) is 5.86. The van der Waals surface area contributed by atoms with E-state index < -0.39 is 0 Å². The normalized spacial score (nSPS) is 17.4. The fourth-order valence-corrected chi connectivity index (χ4v) is 2.86. The van der Waals surface area contributed by atoms with Crippen LogP contribution >= 0.6 is 11.3 Å². The average Bonchev–Trinajstić information content (AvgIpc) is 2.78. The Balaban J connectivity index is 1.86. The monoisotopic (exact) mass is 282 g/mol. The Morgan fingerprint density at radius 3 is 2.74 bits per heavy atom. The van der Waals surface area contributed by atoms with E-state index in [2.05, 4.69) is 41.3 Å². The zero-order valence-corrected chi connectivity index (χ0v) is 12.6. The van der Waals surface area contributed by atoms with Crippen LogP contribution in [0.3, 0.4) is 0 Å². The van der Waals surface area contributed by atoms with Crippen molar-refractivity contribution in [2.75, 3.05) is 38.0 Å². The van der Waals surface area contributed by atoms with E-state index in [-0.39, 0.29) is 11.3 Å². The van der Waals surface area contributed by atoms with Gasteiger partial charge in [-0.3, -0.25) is 9.69 Å². The minimum atomic E-state index is 0.0247. The Labute approximate surface area is 118 Å². The molecular formula is C13H22N4OS. The lowest BCUT2D eigenvalue weighted by molar-refractivity contribution is -0.117. The van der Waals surface area contributed by atoms with Crippen molar-refractivity contribution in [2.24, 2.45) is 0 Å². The smallest absolute Gasteiger partial charge is 0.240 e. The van der Waals surface area contributed by atoms with E-state index in [0.717, 1.165) is 31.9 Å². The third-order valence-corrected chi connectivity index (χ3v) is 3.85. The molecule has 106 valence electrons. The highest BCUT2D eigenvalue weighted by atomic mass is 32.1. The SMILES string of the molecule is CC(C)(C)c1csc(NC(=O)CN2CCNCC2)n1. The van der Waals surface area contributed by atoms with Gasteiger partial charge in [0, 0.05) is 37.0 Å². The molecule has 5 nitrogen and oxygen atoms in total. The molecule has 1 fully saturated rings. The van der Waals surface area contributed by atoms with Crippen LogP contribution in [0.5, 0.6) is 0 Å². The van der Waals surface area contributed by atoms with Crippen LogP contribution < -0.4 is 10.6 Å². The first kappa shape index (κ1) is 14.4. The molecule has 0 aromatic carbocycles. The van der Waals surface area contributed by atoms with Gasteiger partial charge in [0.05, 0.1) is 12.2 Å². The maximum atomic E-state index is 11.9. The molecule has 2 heterocycles. The quantitative estimate of drug-likeness (QED) is 0.877. The van der Waals surface area contributed by atoms with Crippen LogP contribution in [-0.2, 0) is 10.2 Å². The van der Waals surface area contributed by atoms with Crippen molar-refractivity contribution in [3.8, 4) is 0 Å². The molecule has 1 saturated heterocycles. The van der Waals surface area contributed by atoms with Crippen molar-refractivity contribution < 1.29 is 4.79 Å². The third kappa shape index (κ3) is 4.26. The van der Waals surface area contributed by atoms with Crippen molar-refractivity contribution in [3.63, 3.8) is 0 Å². The van der Waals surface area contributed by atoms with E-state index in [4.69, 9.17) is 0 Å². The van der Waals surface area contributed by atoms with Gasteiger partial charge in [0.1, 0.15) is 0 Å². The molecule has 1 aliphatic heterocycles. The lowest BCUT2D eigenvalue weighted by atomic mass is 9.93. The molecular weight excluding hydrogens is 260 g/mol. The van der Waals surface area contributed by atoms with Crippen LogP contribution in [0.2, 0.25) is 0 Å². The number of aromatic nitrogens is 1. The Morgan fingerprint density at radius 1 is 1.47 bits per heavy atom. The van der Waals surface area contributed by atoms with Gasteiger partial charge in [-0.25, -0.2) is 4.98 Å². The zero-order chi connectivity index (χ0) is 13.9. The molecule has 0 aliphatic carbocycles. The fourth-order valence-electron chi connectivity index (χ4n) is 1.91. The number of rotatable bonds is 3. The van der Waals surface area contributed by atoms with Crippen molar-refractivity contribution in [1.82, 2.24) is 15.2 Å². The molecule has 0 radical (unpaired) electrons.